The highest BCUT2D eigenvalue weighted by atomic mass is 16.6. The van der Waals surface area contributed by atoms with E-state index in [0.717, 1.165) is 0 Å². The summed E-state index contributed by atoms with van der Waals surface area (Å²) >= 11 is 0. The topological polar surface area (TPSA) is 52.3 Å². The Morgan fingerprint density at radius 3 is 2.42 bits per heavy atom. The summed E-state index contributed by atoms with van der Waals surface area (Å²) in [6.45, 7) is 7.55. The maximum atomic E-state index is 11.1. The summed E-state index contributed by atoms with van der Waals surface area (Å²) in [5.74, 6) is 0.113. The molecule has 0 rings (SSSR count). The van der Waals surface area contributed by atoms with Crippen molar-refractivity contribution in [3.8, 4) is 0 Å². The molecule has 0 radical (unpaired) electrons. The molecule has 2 N–H and O–H groups in total. The van der Waals surface area contributed by atoms with Crippen LogP contribution in [0.25, 0.3) is 0 Å². The Labute approximate surface area is 74.3 Å². The first kappa shape index (κ1) is 11.4. The molecule has 0 aromatic heterocycles. The first-order chi connectivity index (χ1) is 5.37. The lowest BCUT2D eigenvalue weighted by Gasteiger charge is -2.23. The molecule has 0 aromatic carbocycles. The van der Waals surface area contributed by atoms with Crippen LogP contribution in [0.15, 0.2) is 0 Å². The maximum Gasteiger partial charge on any atom is 0.307 e. The largest absolute Gasteiger partial charge is 0.444 e. The minimum Gasteiger partial charge on any atom is -0.444 e. The van der Waals surface area contributed by atoms with Crippen LogP contribution in [0.4, 0.5) is 0 Å². The van der Waals surface area contributed by atoms with Gasteiger partial charge in [0.15, 0.2) is 5.72 Å². The van der Waals surface area contributed by atoms with Crippen LogP contribution in [-0.4, -0.2) is 11.7 Å². The molecule has 3 heteroatoms. The van der Waals surface area contributed by atoms with Gasteiger partial charge in [0.2, 0.25) is 0 Å². The number of rotatable bonds is 4. The minimum absolute atomic E-state index is 0.211. The third kappa shape index (κ3) is 5.13. The van der Waals surface area contributed by atoms with Crippen LogP contribution in [0.1, 0.15) is 40.5 Å². The van der Waals surface area contributed by atoms with Crippen LogP contribution in [0.5, 0.6) is 0 Å². The predicted octanol–water partition coefficient (Wildman–Crippen LogP) is 1.66. The second-order valence-electron chi connectivity index (χ2n) is 3.74. The zero-order valence-corrected chi connectivity index (χ0v) is 8.39. The molecule has 0 aromatic rings. The second-order valence-corrected chi connectivity index (χ2v) is 3.74. The highest BCUT2D eigenvalue weighted by molar-refractivity contribution is 5.70. The first-order valence-electron chi connectivity index (χ1n) is 4.38. The fraction of sp³-hybridized carbons (Fsp3) is 0.889. The molecule has 0 saturated carbocycles. The van der Waals surface area contributed by atoms with Crippen molar-refractivity contribution in [1.82, 2.24) is 0 Å². The Balaban J connectivity index is 3.84. The molecule has 0 bridgehead atoms. The summed E-state index contributed by atoms with van der Waals surface area (Å²) in [7, 11) is 0. The number of nitrogens with two attached hydrogens (primary N) is 1. The molecule has 12 heavy (non-hydrogen) atoms. The van der Waals surface area contributed by atoms with E-state index in [1.165, 1.54) is 0 Å². The van der Waals surface area contributed by atoms with Crippen LogP contribution < -0.4 is 5.73 Å². The van der Waals surface area contributed by atoms with Crippen molar-refractivity contribution in [1.29, 1.82) is 0 Å². The second kappa shape index (κ2) is 4.45. The van der Waals surface area contributed by atoms with Gasteiger partial charge in [-0.3, -0.25) is 10.5 Å². The van der Waals surface area contributed by atoms with Crippen LogP contribution in [0.2, 0.25) is 0 Å². The Kier molecular flexibility index (Phi) is 4.24. The molecule has 0 spiro atoms. The molecule has 0 aliphatic rings. The summed E-state index contributed by atoms with van der Waals surface area (Å²) in [6, 6.07) is 0. The van der Waals surface area contributed by atoms with Crippen molar-refractivity contribution >= 4 is 5.97 Å². The van der Waals surface area contributed by atoms with Crippen molar-refractivity contribution in [2.24, 2.45) is 11.7 Å². The SMILES string of the molecule is CCC(C)(N)OC(=O)CC(C)C. The number of esters is 1. The summed E-state index contributed by atoms with van der Waals surface area (Å²) in [5, 5.41) is 0. The molecule has 1 unspecified atom stereocenters. The van der Waals surface area contributed by atoms with Crippen LogP contribution >= 0.6 is 0 Å². The van der Waals surface area contributed by atoms with Gasteiger partial charge >= 0.3 is 5.97 Å². The van der Waals surface area contributed by atoms with Crippen molar-refractivity contribution in [3.63, 3.8) is 0 Å². The van der Waals surface area contributed by atoms with E-state index < -0.39 is 5.72 Å². The van der Waals surface area contributed by atoms with Crippen LogP contribution in [0.3, 0.4) is 0 Å². The molecule has 72 valence electrons. The Hall–Kier alpha value is -0.570. The molecule has 1 atom stereocenters. The zero-order valence-electron chi connectivity index (χ0n) is 8.39. The van der Waals surface area contributed by atoms with Gasteiger partial charge in [-0.25, -0.2) is 0 Å². The molecular weight excluding hydrogens is 154 g/mol. The smallest absolute Gasteiger partial charge is 0.307 e. The molecule has 0 fully saturated rings. The lowest BCUT2D eigenvalue weighted by molar-refractivity contribution is -0.158. The molecule has 3 nitrogen and oxygen atoms in total. The van der Waals surface area contributed by atoms with E-state index in [9.17, 15) is 4.79 Å². The van der Waals surface area contributed by atoms with Crippen molar-refractivity contribution < 1.29 is 9.53 Å². The van der Waals surface area contributed by atoms with Gasteiger partial charge in [0.25, 0.3) is 0 Å². The summed E-state index contributed by atoms with van der Waals surface area (Å²) in [6.07, 6.45) is 1.07. The number of hydrogen-bond acceptors (Lipinski definition) is 3. The molecule has 0 aliphatic heterocycles. The monoisotopic (exact) mass is 173 g/mol. The van der Waals surface area contributed by atoms with E-state index in [-0.39, 0.29) is 5.97 Å². The van der Waals surface area contributed by atoms with Gasteiger partial charge < -0.3 is 4.74 Å². The number of carbonyl (C=O) groups excluding carboxylic acids is 1. The van der Waals surface area contributed by atoms with Gasteiger partial charge in [0.1, 0.15) is 0 Å². The summed E-state index contributed by atoms with van der Waals surface area (Å²) in [5.41, 5.74) is 4.85. The molecule has 0 saturated heterocycles. The average molecular weight is 173 g/mol. The normalized spacial score (nSPS) is 15.8. The van der Waals surface area contributed by atoms with Crippen molar-refractivity contribution in [3.05, 3.63) is 0 Å². The van der Waals surface area contributed by atoms with Crippen molar-refractivity contribution in [2.45, 2.75) is 46.3 Å². The molecule has 0 amide bonds. The number of ether oxygens (including phenoxy) is 1. The van der Waals surface area contributed by atoms with Crippen LogP contribution in [0, 0.1) is 5.92 Å². The lowest BCUT2D eigenvalue weighted by Crippen LogP contribution is -2.40. The third-order valence-electron chi connectivity index (χ3n) is 1.62. The quantitative estimate of drug-likeness (QED) is 0.519. The fourth-order valence-electron chi connectivity index (χ4n) is 0.707. The summed E-state index contributed by atoms with van der Waals surface area (Å²) < 4.78 is 5.04. The maximum absolute atomic E-state index is 11.1. The average Bonchev–Trinajstić information content (AvgIpc) is 1.84. The van der Waals surface area contributed by atoms with E-state index in [1.807, 2.05) is 20.8 Å². The van der Waals surface area contributed by atoms with Gasteiger partial charge in [-0.2, -0.15) is 0 Å². The highest BCUT2D eigenvalue weighted by Crippen LogP contribution is 2.10. The van der Waals surface area contributed by atoms with Gasteiger partial charge in [-0.1, -0.05) is 20.8 Å². The Morgan fingerprint density at radius 1 is 1.58 bits per heavy atom. The van der Waals surface area contributed by atoms with Gasteiger partial charge in [-0.05, 0) is 19.3 Å². The first-order valence-corrected chi connectivity index (χ1v) is 4.38. The van der Waals surface area contributed by atoms with E-state index in [2.05, 4.69) is 0 Å². The highest BCUT2D eigenvalue weighted by Gasteiger charge is 2.20. The number of carbonyl (C=O) groups is 1. The molecule has 0 heterocycles. The van der Waals surface area contributed by atoms with Gasteiger partial charge in [0.05, 0.1) is 0 Å². The summed E-state index contributed by atoms with van der Waals surface area (Å²) in [4.78, 5) is 11.1. The van der Waals surface area contributed by atoms with E-state index in [0.29, 0.717) is 18.8 Å². The zero-order chi connectivity index (χ0) is 9.78. The molecular formula is C9H19NO2. The Bertz CT molecular complexity index is 153. The van der Waals surface area contributed by atoms with E-state index in [4.69, 9.17) is 10.5 Å². The van der Waals surface area contributed by atoms with E-state index >= 15 is 0 Å². The van der Waals surface area contributed by atoms with Crippen LogP contribution in [-0.2, 0) is 9.53 Å². The van der Waals surface area contributed by atoms with Crippen molar-refractivity contribution in [2.75, 3.05) is 0 Å². The Morgan fingerprint density at radius 2 is 2.08 bits per heavy atom. The molecule has 0 aliphatic carbocycles. The third-order valence-corrected chi connectivity index (χ3v) is 1.62. The number of hydrogen-bond donors (Lipinski definition) is 1. The predicted molar refractivity (Wildman–Crippen MR) is 48.4 cm³/mol. The van der Waals surface area contributed by atoms with E-state index in [1.54, 1.807) is 6.92 Å². The fourth-order valence-corrected chi connectivity index (χ4v) is 0.707. The lowest BCUT2D eigenvalue weighted by atomic mass is 10.1. The van der Waals surface area contributed by atoms with Gasteiger partial charge in [0, 0.05) is 6.42 Å². The standard InChI is InChI=1S/C9H19NO2/c1-5-9(4,10)12-8(11)6-7(2)3/h7H,5-6,10H2,1-4H3. The minimum atomic E-state index is -0.800. The van der Waals surface area contributed by atoms with Gasteiger partial charge in [-0.15, -0.1) is 0 Å².